The minimum absolute atomic E-state index is 0.0881. The summed E-state index contributed by atoms with van der Waals surface area (Å²) in [6, 6.07) is 5.84. The molecule has 4 nitrogen and oxygen atoms in total. The van der Waals surface area contributed by atoms with Crippen molar-refractivity contribution in [2.45, 2.75) is 6.04 Å². The highest BCUT2D eigenvalue weighted by molar-refractivity contribution is 5.44. The first-order valence-corrected chi connectivity index (χ1v) is 4.44. The molecule has 1 unspecified atom stereocenters. The molecule has 1 aromatic carbocycles. The monoisotopic (exact) mass is 195 g/mol. The molecule has 4 heteroatoms. The third-order valence-corrected chi connectivity index (χ3v) is 2.26. The standard InChI is InChI=1S/C10H13NO3/c1-12-7-3-4-10-8(5-7)9(6-14-10)11-13-2/h3-5,9,11H,6H2,1-2H3. The van der Waals surface area contributed by atoms with Crippen molar-refractivity contribution in [3.63, 3.8) is 0 Å². The van der Waals surface area contributed by atoms with E-state index in [-0.39, 0.29) is 6.04 Å². The highest BCUT2D eigenvalue weighted by atomic mass is 16.6. The van der Waals surface area contributed by atoms with Gasteiger partial charge in [-0.1, -0.05) is 0 Å². The Bertz CT molecular complexity index is 325. The normalized spacial score (nSPS) is 18.9. The van der Waals surface area contributed by atoms with Crippen LogP contribution in [0.15, 0.2) is 18.2 Å². The topological polar surface area (TPSA) is 39.7 Å². The lowest BCUT2D eigenvalue weighted by atomic mass is 10.1. The van der Waals surface area contributed by atoms with Crippen LogP contribution in [0.1, 0.15) is 11.6 Å². The van der Waals surface area contributed by atoms with Crippen LogP contribution < -0.4 is 15.0 Å². The van der Waals surface area contributed by atoms with E-state index in [1.54, 1.807) is 14.2 Å². The minimum Gasteiger partial charge on any atom is -0.497 e. The zero-order valence-electron chi connectivity index (χ0n) is 8.24. The number of benzene rings is 1. The van der Waals surface area contributed by atoms with Crippen molar-refractivity contribution >= 4 is 0 Å². The van der Waals surface area contributed by atoms with Crippen molar-refractivity contribution in [1.29, 1.82) is 0 Å². The number of methoxy groups -OCH3 is 1. The van der Waals surface area contributed by atoms with Gasteiger partial charge in [0.1, 0.15) is 18.1 Å². The summed E-state index contributed by atoms with van der Waals surface area (Å²) in [5.41, 5.74) is 3.95. The minimum atomic E-state index is 0.0881. The lowest BCUT2D eigenvalue weighted by Crippen LogP contribution is -2.20. The highest BCUT2D eigenvalue weighted by Crippen LogP contribution is 2.34. The fraction of sp³-hybridized carbons (Fsp3) is 0.400. The average molecular weight is 195 g/mol. The number of hydroxylamine groups is 1. The van der Waals surface area contributed by atoms with Crippen molar-refractivity contribution in [2.24, 2.45) is 0 Å². The highest BCUT2D eigenvalue weighted by Gasteiger charge is 2.24. The van der Waals surface area contributed by atoms with Crippen LogP contribution in [-0.2, 0) is 4.84 Å². The van der Waals surface area contributed by atoms with Crippen molar-refractivity contribution in [1.82, 2.24) is 5.48 Å². The van der Waals surface area contributed by atoms with Crippen LogP contribution >= 0.6 is 0 Å². The zero-order valence-corrected chi connectivity index (χ0v) is 8.24. The second-order valence-electron chi connectivity index (χ2n) is 3.09. The van der Waals surface area contributed by atoms with Crippen LogP contribution in [-0.4, -0.2) is 20.8 Å². The summed E-state index contributed by atoms with van der Waals surface area (Å²) in [6.45, 7) is 0.594. The third kappa shape index (κ3) is 1.54. The Balaban J connectivity index is 2.27. The van der Waals surface area contributed by atoms with Crippen molar-refractivity contribution in [3.8, 4) is 11.5 Å². The molecule has 1 atom stereocenters. The van der Waals surface area contributed by atoms with Gasteiger partial charge in [0.15, 0.2) is 0 Å². The van der Waals surface area contributed by atoms with Gasteiger partial charge >= 0.3 is 0 Å². The Kier molecular flexibility index (Phi) is 2.56. The molecule has 0 aliphatic carbocycles. The largest absolute Gasteiger partial charge is 0.497 e. The Morgan fingerprint density at radius 1 is 1.43 bits per heavy atom. The number of hydrogen-bond donors (Lipinski definition) is 1. The van der Waals surface area contributed by atoms with E-state index in [0.717, 1.165) is 17.1 Å². The SMILES string of the molecule is CONC1COc2ccc(OC)cc21. The molecule has 14 heavy (non-hydrogen) atoms. The van der Waals surface area contributed by atoms with E-state index in [2.05, 4.69) is 5.48 Å². The molecule has 76 valence electrons. The third-order valence-electron chi connectivity index (χ3n) is 2.26. The van der Waals surface area contributed by atoms with E-state index in [9.17, 15) is 0 Å². The Morgan fingerprint density at radius 2 is 2.29 bits per heavy atom. The van der Waals surface area contributed by atoms with Crippen molar-refractivity contribution in [3.05, 3.63) is 23.8 Å². The number of nitrogens with one attached hydrogen (secondary N) is 1. The lowest BCUT2D eigenvalue weighted by molar-refractivity contribution is 0.0535. The molecule has 0 spiro atoms. The van der Waals surface area contributed by atoms with Gasteiger partial charge in [0, 0.05) is 5.56 Å². The smallest absolute Gasteiger partial charge is 0.124 e. The molecule has 0 fully saturated rings. The van der Waals surface area contributed by atoms with E-state index in [4.69, 9.17) is 14.3 Å². The van der Waals surface area contributed by atoms with Gasteiger partial charge in [0.2, 0.25) is 0 Å². The molecule has 0 aromatic heterocycles. The van der Waals surface area contributed by atoms with Crippen LogP contribution in [0.2, 0.25) is 0 Å². The molecule has 2 rings (SSSR count). The van der Waals surface area contributed by atoms with Crippen molar-refractivity contribution < 1.29 is 14.3 Å². The molecule has 0 saturated carbocycles. The maximum absolute atomic E-state index is 5.47. The lowest BCUT2D eigenvalue weighted by Gasteiger charge is -2.09. The fourth-order valence-electron chi connectivity index (χ4n) is 1.56. The summed E-state index contributed by atoms with van der Waals surface area (Å²) in [4.78, 5) is 4.89. The molecule has 0 radical (unpaired) electrons. The molecular weight excluding hydrogens is 182 g/mol. The number of fused-ring (bicyclic) bond motifs is 1. The quantitative estimate of drug-likeness (QED) is 0.737. The van der Waals surface area contributed by atoms with Gasteiger partial charge in [-0.3, -0.25) is 0 Å². The summed E-state index contributed by atoms with van der Waals surface area (Å²) in [6.07, 6.45) is 0. The average Bonchev–Trinajstić information content (AvgIpc) is 2.61. The van der Waals surface area contributed by atoms with Crippen LogP contribution in [0, 0.1) is 0 Å². The first kappa shape index (κ1) is 9.30. The molecule has 1 aromatic rings. The molecule has 1 heterocycles. The molecule has 0 saturated heterocycles. The fourth-order valence-corrected chi connectivity index (χ4v) is 1.56. The van der Waals surface area contributed by atoms with E-state index in [1.165, 1.54) is 0 Å². The van der Waals surface area contributed by atoms with Gasteiger partial charge in [0.05, 0.1) is 20.3 Å². The van der Waals surface area contributed by atoms with Gasteiger partial charge < -0.3 is 14.3 Å². The zero-order chi connectivity index (χ0) is 9.97. The predicted molar refractivity (Wildman–Crippen MR) is 51.4 cm³/mol. The second-order valence-corrected chi connectivity index (χ2v) is 3.09. The first-order chi connectivity index (χ1) is 6.85. The van der Waals surface area contributed by atoms with Gasteiger partial charge in [-0.05, 0) is 18.2 Å². The van der Waals surface area contributed by atoms with E-state index < -0.39 is 0 Å². The molecule has 0 bridgehead atoms. The van der Waals surface area contributed by atoms with Gasteiger partial charge in [-0.2, -0.15) is 5.48 Å². The van der Waals surface area contributed by atoms with Gasteiger partial charge in [-0.15, -0.1) is 0 Å². The number of ether oxygens (including phenoxy) is 2. The first-order valence-electron chi connectivity index (χ1n) is 4.44. The summed E-state index contributed by atoms with van der Waals surface area (Å²) in [5.74, 6) is 1.72. The summed E-state index contributed by atoms with van der Waals surface area (Å²) < 4.78 is 10.6. The number of hydrogen-bond acceptors (Lipinski definition) is 4. The molecule has 1 aliphatic rings. The maximum Gasteiger partial charge on any atom is 0.124 e. The van der Waals surface area contributed by atoms with Gasteiger partial charge in [0.25, 0.3) is 0 Å². The molecule has 1 aliphatic heterocycles. The van der Waals surface area contributed by atoms with Crippen LogP contribution in [0.4, 0.5) is 0 Å². The maximum atomic E-state index is 5.47. The molecule has 0 amide bonds. The van der Waals surface area contributed by atoms with Crippen LogP contribution in [0.3, 0.4) is 0 Å². The Morgan fingerprint density at radius 3 is 3.00 bits per heavy atom. The molecular formula is C10H13NO3. The van der Waals surface area contributed by atoms with Crippen molar-refractivity contribution in [2.75, 3.05) is 20.8 Å². The summed E-state index contributed by atoms with van der Waals surface area (Å²) in [5, 5.41) is 0. The van der Waals surface area contributed by atoms with E-state index in [0.29, 0.717) is 6.61 Å². The number of rotatable bonds is 3. The van der Waals surface area contributed by atoms with Gasteiger partial charge in [-0.25, -0.2) is 0 Å². The molecule has 1 N–H and O–H groups in total. The summed E-state index contributed by atoms with van der Waals surface area (Å²) >= 11 is 0. The predicted octanol–water partition coefficient (Wildman–Crippen LogP) is 1.28. The van der Waals surface area contributed by atoms with E-state index in [1.807, 2.05) is 18.2 Å². The second kappa shape index (κ2) is 3.86. The van der Waals surface area contributed by atoms with Crippen LogP contribution in [0.5, 0.6) is 11.5 Å². The van der Waals surface area contributed by atoms with Crippen LogP contribution in [0.25, 0.3) is 0 Å². The Labute approximate surface area is 82.7 Å². The summed E-state index contributed by atoms with van der Waals surface area (Å²) in [7, 11) is 3.24. The Hall–Kier alpha value is -1.26. The van der Waals surface area contributed by atoms with E-state index >= 15 is 0 Å².